The van der Waals surface area contributed by atoms with Crippen LogP contribution in [-0.2, 0) is 21.1 Å². The molecular weight excluding hydrogens is 924 g/mol. The average Bonchev–Trinajstić information content (AvgIpc) is 4.02. The molecule has 60 heavy (non-hydrogen) atoms. The van der Waals surface area contributed by atoms with Gasteiger partial charge < -0.3 is 38.9 Å². The maximum absolute atomic E-state index is 11.8. The molecule has 0 saturated heterocycles. The van der Waals surface area contributed by atoms with Crippen LogP contribution in [0.2, 0.25) is 0 Å². The molecule has 0 atom stereocenters. The first-order valence-corrected chi connectivity index (χ1v) is 19.7. The first-order chi connectivity index (χ1) is 29.1. The number of nitrogens with zero attached hydrogens (tertiary/aromatic N) is 6. The predicted molar refractivity (Wildman–Crippen MR) is 240 cm³/mol. The molecule has 0 amide bonds. The van der Waals surface area contributed by atoms with Crippen molar-refractivity contribution in [2.45, 2.75) is 0 Å². The number of phenolic OH excluding ortho intramolecular Hbond substituents is 2. The molecule has 2 N–H and O–H groups in total. The topological polar surface area (TPSA) is 63.3 Å². The monoisotopic (exact) mass is 959 g/mol. The standard InChI is InChI=1S/C51H36N6O2.Pt/c58-50-27-38-36-19-7-9-21-40(36)56(34-15-3-1-4-16-34)46(38)29-48(50)54-32-52(42-23-11-13-25-44(42)54)31-53-33-55(45-26-14-12-24-43(45)53)49-30-47-39(28-51(49)59)37-20-8-10-22-41(37)57(47)35-17-5-2-6-18-35;/h1-30,32-33,58-59H,31H2;/q-2;+2. The van der Waals surface area contributed by atoms with Crippen molar-refractivity contribution < 1.29 is 31.3 Å². The van der Waals surface area contributed by atoms with E-state index in [0.717, 1.165) is 77.7 Å². The van der Waals surface area contributed by atoms with Crippen molar-refractivity contribution in [1.29, 1.82) is 0 Å². The summed E-state index contributed by atoms with van der Waals surface area (Å²) < 4.78 is 4.54. The van der Waals surface area contributed by atoms with Crippen molar-refractivity contribution in [1.82, 2.24) is 9.13 Å². The van der Waals surface area contributed by atoms with E-state index in [1.807, 2.05) is 60.7 Å². The molecule has 8 nitrogen and oxygen atoms in total. The molecular formula is C51H36N6O2Pt. The van der Waals surface area contributed by atoms with Gasteiger partial charge in [-0.3, -0.25) is 0 Å². The molecule has 0 radical (unpaired) electrons. The molecule has 0 fully saturated rings. The molecule has 12 rings (SSSR count). The number of rotatable bonds is 6. The zero-order chi connectivity index (χ0) is 39.2. The van der Waals surface area contributed by atoms with Gasteiger partial charge in [0, 0.05) is 62.3 Å². The van der Waals surface area contributed by atoms with Crippen LogP contribution in [0.5, 0.6) is 11.5 Å². The number of aromatic nitrogens is 2. The minimum atomic E-state index is 0. The maximum atomic E-state index is 11.8. The third-order valence-corrected chi connectivity index (χ3v) is 11.8. The Morgan fingerprint density at radius 2 is 0.717 bits per heavy atom. The van der Waals surface area contributed by atoms with Crippen molar-refractivity contribution in [2.75, 3.05) is 26.3 Å². The van der Waals surface area contributed by atoms with E-state index in [1.54, 1.807) is 0 Å². The summed E-state index contributed by atoms with van der Waals surface area (Å²) in [5.74, 6) is 0.397. The van der Waals surface area contributed by atoms with Gasteiger partial charge in [-0.15, -0.1) is 13.3 Å². The van der Waals surface area contributed by atoms with Gasteiger partial charge in [0.05, 0.1) is 33.4 Å². The number of hydrogen-bond acceptors (Lipinski definition) is 6. The Labute approximate surface area is 360 Å². The molecule has 0 spiro atoms. The summed E-state index contributed by atoms with van der Waals surface area (Å²) >= 11 is 0. The fourth-order valence-electron chi connectivity index (χ4n) is 9.20. The summed E-state index contributed by atoms with van der Waals surface area (Å²) in [6.07, 6.45) is 0. The van der Waals surface area contributed by atoms with Gasteiger partial charge in [0.15, 0.2) is 0 Å². The van der Waals surface area contributed by atoms with Crippen molar-refractivity contribution in [3.8, 4) is 22.9 Å². The van der Waals surface area contributed by atoms with Gasteiger partial charge in [-0.05, 0) is 84.9 Å². The summed E-state index contributed by atoms with van der Waals surface area (Å²) in [6, 6.07) is 62.0. The zero-order valence-electron chi connectivity index (χ0n) is 32.1. The summed E-state index contributed by atoms with van der Waals surface area (Å²) in [5, 5.41) is 27.7. The molecule has 9 heteroatoms. The third-order valence-electron chi connectivity index (χ3n) is 11.8. The fraction of sp³-hybridized carbons (Fsp3) is 0.0196. The van der Waals surface area contributed by atoms with Crippen LogP contribution < -0.4 is 19.6 Å². The first kappa shape index (κ1) is 36.0. The van der Waals surface area contributed by atoms with Crippen LogP contribution >= 0.6 is 0 Å². The average molecular weight is 960 g/mol. The Balaban J connectivity index is 0.00000408. The van der Waals surface area contributed by atoms with E-state index in [2.05, 4.69) is 163 Å². The van der Waals surface area contributed by atoms with E-state index in [-0.39, 0.29) is 32.6 Å². The molecule has 0 saturated carbocycles. The van der Waals surface area contributed by atoms with Crippen LogP contribution in [0.4, 0.5) is 34.1 Å². The number of benzene rings is 8. The minimum absolute atomic E-state index is 0. The predicted octanol–water partition coefficient (Wildman–Crippen LogP) is 12.1. The van der Waals surface area contributed by atoms with E-state index in [4.69, 9.17) is 0 Å². The van der Waals surface area contributed by atoms with Crippen molar-refractivity contribution in [3.05, 3.63) is 195 Å². The largest absolute Gasteiger partial charge is 2.00 e. The Bertz CT molecular complexity index is 3050. The van der Waals surface area contributed by atoms with E-state index in [0.29, 0.717) is 18.0 Å². The van der Waals surface area contributed by atoms with Gasteiger partial charge in [0.25, 0.3) is 0 Å². The van der Waals surface area contributed by atoms with E-state index < -0.39 is 0 Å². The van der Waals surface area contributed by atoms with Crippen molar-refractivity contribution >= 4 is 77.7 Å². The zero-order valence-corrected chi connectivity index (χ0v) is 34.3. The second kappa shape index (κ2) is 14.0. The quantitative estimate of drug-likeness (QED) is 0.162. The smallest absolute Gasteiger partial charge is 0.506 e. The number of para-hydroxylation sites is 8. The van der Waals surface area contributed by atoms with Gasteiger partial charge in [0.2, 0.25) is 0 Å². The maximum Gasteiger partial charge on any atom is 2.00 e. The summed E-state index contributed by atoms with van der Waals surface area (Å²) in [7, 11) is 0. The van der Waals surface area contributed by atoms with Crippen LogP contribution in [0, 0.1) is 13.3 Å². The van der Waals surface area contributed by atoms with Gasteiger partial charge in [-0.25, -0.2) is 0 Å². The van der Waals surface area contributed by atoms with Gasteiger partial charge in [-0.1, -0.05) is 97.1 Å². The van der Waals surface area contributed by atoms with Crippen LogP contribution in [0.15, 0.2) is 182 Å². The third kappa shape index (κ3) is 5.41. The van der Waals surface area contributed by atoms with Gasteiger partial charge >= 0.3 is 21.1 Å². The van der Waals surface area contributed by atoms with Gasteiger partial charge in [0.1, 0.15) is 11.5 Å². The number of phenols is 2. The first-order valence-electron chi connectivity index (χ1n) is 19.7. The van der Waals surface area contributed by atoms with Crippen molar-refractivity contribution in [3.63, 3.8) is 0 Å². The molecule has 2 aromatic heterocycles. The van der Waals surface area contributed by atoms with Crippen molar-refractivity contribution in [2.24, 2.45) is 0 Å². The second-order valence-corrected chi connectivity index (χ2v) is 15.1. The Morgan fingerprint density at radius 3 is 1.15 bits per heavy atom. The number of aromatic hydroxyl groups is 2. The summed E-state index contributed by atoms with van der Waals surface area (Å²) in [4.78, 5) is 8.58. The number of hydrogen-bond donors (Lipinski definition) is 2. The molecule has 10 aromatic rings. The molecule has 292 valence electrons. The molecule has 2 aliphatic rings. The minimum Gasteiger partial charge on any atom is -0.506 e. The second-order valence-electron chi connectivity index (χ2n) is 15.1. The van der Waals surface area contributed by atoms with E-state index in [9.17, 15) is 10.2 Å². The van der Waals surface area contributed by atoms with E-state index >= 15 is 0 Å². The Kier molecular flexibility index (Phi) is 8.39. The molecule has 8 aromatic carbocycles. The Morgan fingerprint density at radius 1 is 0.350 bits per heavy atom. The molecule has 4 heterocycles. The van der Waals surface area contributed by atoms with Gasteiger partial charge in [-0.2, -0.15) is 0 Å². The molecule has 0 aliphatic carbocycles. The van der Waals surface area contributed by atoms with Crippen LogP contribution in [0.25, 0.3) is 55.0 Å². The Hall–Kier alpha value is -7.15. The summed E-state index contributed by atoms with van der Waals surface area (Å²) in [5.41, 5.74) is 11.6. The van der Waals surface area contributed by atoms with Crippen LogP contribution in [-0.4, -0.2) is 26.0 Å². The fourth-order valence-corrected chi connectivity index (χ4v) is 9.20. The number of fused-ring (bicyclic) bond motifs is 8. The van der Waals surface area contributed by atoms with Crippen LogP contribution in [0.3, 0.4) is 0 Å². The number of anilines is 6. The normalized spacial score (nSPS) is 13.5. The SMILES string of the molecule is Oc1cc2c3ccccc3n(-c3ccccc3)c2cc1N1[CH-]N(CN2[CH-]N(c3cc4c(cc3O)c3ccccc3n4-c3ccccc3)c3ccccc32)c2ccccc21.[Pt+2]. The molecule has 2 aliphatic heterocycles. The van der Waals surface area contributed by atoms with E-state index in [1.165, 1.54) is 0 Å². The molecule has 0 bridgehead atoms. The van der Waals surface area contributed by atoms with Crippen LogP contribution in [0.1, 0.15) is 0 Å². The molecule has 0 unspecified atom stereocenters. The summed E-state index contributed by atoms with van der Waals surface area (Å²) in [6.45, 7) is 4.62.